The van der Waals surface area contributed by atoms with E-state index in [2.05, 4.69) is 16.0 Å². The third kappa shape index (κ3) is 7.33. The lowest BCUT2D eigenvalue weighted by atomic mass is 9.71. The van der Waals surface area contributed by atoms with Gasteiger partial charge in [-0.05, 0) is 47.8 Å². The summed E-state index contributed by atoms with van der Waals surface area (Å²) in [7, 11) is 4.08. The maximum atomic E-state index is 13.5. The standard InChI is InChI=1S/C24H41N3O10/c1-9-12(2)17(27-8)19(31)23(36,11-16(29)22(5,35)18(30)14(4)26-7)20(32)24(37,21(33)34)10-15(28)13(3)25-6/h12-14,17,25-27,35-37H,9-11H2,1-8H3,(H,33,34)/t12-,13+,14+,17+,22?,23?,24?/m1/s1. The topological polar surface area (TPSA) is 219 Å². The molecule has 0 amide bonds. The van der Waals surface area contributed by atoms with Crippen LogP contribution in [-0.2, 0) is 28.8 Å². The zero-order chi connectivity index (χ0) is 29.5. The maximum Gasteiger partial charge on any atom is 0.344 e. The number of nitrogens with one attached hydrogen (secondary N) is 3. The molecule has 0 aliphatic heterocycles. The highest BCUT2D eigenvalue weighted by atomic mass is 16.4. The third-order valence-electron chi connectivity index (χ3n) is 6.93. The van der Waals surface area contributed by atoms with Crippen LogP contribution >= 0.6 is 0 Å². The van der Waals surface area contributed by atoms with Gasteiger partial charge in [-0.25, -0.2) is 4.79 Å². The van der Waals surface area contributed by atoms with E-state index >= 15 is 0 Å². The monoisotopic (exact) mass is 531 g/mol. The minimum Gasteiger partial charge on any atom is -0.479 e. The van der Waals surface area contributed by atoms with Crippen LogP contribution in [0.25, 0.3) is 0 Å². The summed E-state index contributed by atoms with van der Waals surface area (Å²) in [6.45, 7) is 6.77. The second-order valence-electron chi connectivity index (χ2n) is 9.57. The minimum atomic E-state index is -3.60. The van der Waals surface area contributed by atoms with Crippen molar-refractivity contribution in [1.82, 2.24) is 16.0 Å². The number of aliphatic hydroxyl groups is 3. The van der Waals surface area contributed by atoms with Crippen molar-refractivity contribution in [2.75, 3.05) is 21.1 Å². The predicted octanol–water partition coefficient (Wildman–Crippen LogP) is -2.24. The van der Waals surface area contributed by atoms with Crippen LogP contribution in [0.5, 0.6) is 0 Å². The fourth-order valence-corrected chi connectivity index (χ4v) is 3.70. The van der Waals surface area contributed by atoms with Gasteiger partial charge in [0, 0.05) is 0 Å². The molecule has 37 heavy (non-hydrogen) atoms. The summed E-state index contributed by atoms with van der Waals surface area (Å²) < 4.78 is 0. The number of aliphatic carboxylic acids is 1. The Morgan fingerprint density at radius 2 is 1.24 bits per heavy atom. The summed E-state index contributed by atoms with van der Waals surface area (Å²) in [5.74, 6) is -9.60. The molecular formula is C24H41N3O10. The van der Waals surface area contributed by atoms with Gasteiger partial charge >= 0.3 is 5.97 Å². The van der Waals surface area contributed by atoms with Gasteiger partial charge in [0.2, 0.25) is 11.4 Å². The first-order valence-corrected chi connectivity index (χ1v) is 11.9. The largest absolute Gasteiger partial charge is 0.479 e. The summed E-state index contributed by atoms with van der Waals surface area (Å²) in [6.07, 6.45) is -2.50. The van der Waals surface area contributed by atoms with Gasteiger partial charge in [-0.15, -0.1) is 0 Å². The molecule has 13 nitrogen and oxygen atoms in total. The number of likely N-dealkylation sites (N-methyl/N-ethyl adjacent to an activating group) is 3. The Balaban J connectivity index is 6.93. The van der Waals surface area contributed by atoms with Gasteiger partial charge in [0.05, 0.1) is 31.0 Å². The summed E-state index contributed by atoms with van der Waals surface area (Å²) in [5, 5.41) is 50.4. The van der Waals surface area contributed by atoms with Crippen molar-refractivity contribution in [1.29, 1.82) is 0 Å². The number of Topliss-reactive ketones (excluding diaryl/α,β-unsaturated/α-hetero) is 5. The number of hydrogen-bond donors (Lipinski definition) is 7. The van der Waals surface area contributed by atoms with Crippen molar-refractivity contribution in [3.63, 3.8) is 0 Å². The molecule has 7 atom stereocenters. The summed E-state index contributed by atoms with van der Waals surface area (Å²) >= 11 is 0. The Kier molecular flexibility index (Phi) is 12.5. The average molecular weight is 532 g/mol. The van der Waals surface area contributed by atoms with E-state index in [9.17, 15) is 49.2 Å². The van der Waals surface area contributed by atoms with Crippen LogP contribution in [0.15, 0.2) is 0 Å². The Morgan fingerprint density at radius 1 is 0.757 bits per heavy atom. The number of ketones is 5. The van der Waals surface area contributed by atoms with E-state index < -0.39 is 88.6 Å². The smallest absolute Gasteiger partial charge is 0.344 e. The molecule has 7 N–H and O–H groups in total. The average Bonchev–Trinajstić information content (AvgIpc) is 2.85. The van der Waals surface area contributed by atoms with Crippen LogP contribution in [0.4, 0.5) is 0 Å². The van der Waals surface area contributed by atoms with E-state index in [1.54, 1.807) is 13.8 Å². The van der Waals surface area contributed by atoms with Crippen molar-refractivity contribution in [2.45, 2.75) is 88.8 Å². The van der Waals surface area contributed by atoms with Crippen LogP contribution in [0.2, 0.25) is 0 Å². The summed E-state index contributed by atoms with van der Waals surface area (Å²) in [6, 6.07) is -3.34. The second-order valence-corrected chi connectivity index (χ2v) is 9.57. The predicted molar refractivity (Wildman–Crippen MR) is 132 cm³/mol. The fraction of sp³-hybridized carbons (Fsp3) is 0.750. The molecule has 0 saturated carbocycles. The fourth-order valence-electron chi connectivity index (χ4n) is 3.70. The van der Waals surface area contributed by atoms with Crippen molar-refractivity contribution < 1.29 is 49.2 Å². The lowest BCUT2D eigenvalue weighted by molar-refractivity contribution is -0.181. The quantitative estimate of drug-likeness (QED) is 0.0931. The van der Waals surface area contributed by atoms with E-state index in [-0.39, 0.29) is 0 Å². The highest BCUT2D eigenvalue weighted by Crippen LogP contribution is 2.30. The molecule has 0 aromatic heterocycles. The number of rotatable bonds is 18. The van der Waals surface area contributed by atoms with Gasteiger partial charge < -0.3 is 36.4 Å². The number of carboxylic acid groups (broad SMARTS) is 1. The van der Waals surface area contributed by atoms with E-state index in [4.69, 9.17) is 0 Å². The Labute approximate surface area is 216 Å². The number of carboxylic acids is 1. The molecule has 0 aliphatic carbocycles. The van der Waals surface area contributed by atoms with Gasteiger partial charge in [0.1, 0.15) is 0 Å². The highest BCUT2D eigenvalue weighted by Gasteiger charge is 2.61. The molecule has 0 heterocycles. The molecule has 212 valence electrons. The van der Waals surface area contributed by atoms with Crippen LogP contribution in [0.3, 0.4) is 0 Å². The molecule has 0 fully saturated rings. The van der Waals surface area contributed by atoms with Crippen LogP contribution in [0, 0.1) is 5.92 Å². The Bertz CT molecular complexity index is 905. The molecule has 0 saturated heterocycles. The Hall–Kier alpha value is -2.42. The van der Waals surface area contributed by atoms with Gasteiger partial charge in [0.25, 0.3) is 0 Å². The van der Waals surface area contributed by atoms with Gasteiger partial charge in [0.15, 0.2) is 34.3 Å². The minimum absolute atomic E-state index is 0.354. The molecule has 0 radical (unpaired) electrons. The lowest BCUT2D eigenvalue weighted by Gasteiger charge is -2.36. The Morgan fingerprint density at radius 3 is 1.62 bits per heavy atom. The van der Waals surface area contributed by atoms with Crippen molar-refractivity contribution >= 4 is 34.9 Å². The maximum absolute atomic E-state index is 13.5. The highest BCUT2D eigenvalue weighted by molar-refractivity contribution is 6.25. The van der Waals surface area contributed by atoms with Gasteiger partial charge in [-0.1, -0.05) is 20.3 Å². The molecule has 0 aromatic carbocycles. The second kappa shape index (κ2) is 13.4. The molecule has 0 bridgehead atoms. The lowest BCUT2D eigenvalue weighted by Crippen LogP contribution is -2.67. The summed E-state index contributed by atoms with van der Waals surface area (Å²) in [4.78, 5) is 77.2. The van der Waals surface area contributed by atoms with Gasteiger partial charge in [-0.2, -0.15) is 0 Å². The number of hydrogen-bond acceptors (Lipinski definition) is 12. The molecule has 0 spiro atoms. The molecule has 0 aliphatic rings. The molecule has 13 heteroatoms. The van der Waals surface area contributed by atoms with E-state index in [1.165, 1.54) is 35.0 Å². The van der Waals surface area contributed by atoms with Crippen LogP contribution in [0.1, 0.15) is 53.9 Å². The first kappa shape index (κ1) is 34.6. The normalized spacial score (nSPS) is 19.8. The SMILES string of the molecule is CC[C@@H](C)[C@H](NC)C(=O)C(O)(CC(=O)C(C)(O)C(=O)[C@H](C)NC)C(=O)C(O)(CC(=O)[C@H](C)NC)C(=O)O. The zero-order valence-corrected chi connectivity index (χ0v) is 22.7. The third-order valence-corrected chi connectivity index (χ3v) is 6.93. The van der Waals surface area contributed by atoms with Crippen molar-refractivity contribution in [3.8, 4) is 0 Å². The van der Waals surface area contributed by atoms with Crippen LogP contribution in [-0.4, -0.2) is 111 Å². The van der Waals surface area contributed by atoms with Gasteiger partial charge in [-0.3, -0.25) is 24.0 Å². The van der Waals surface area contributed by atoms with E-state index in [0.717, 1.165) is 6.92 Å². The van der Waals surface area contributed by atoms with E-state index in [0.29, 0.717) is 6.42 Å². The number of carbonyl (C=O) groups excluding carboxylic acids is 5. The first-order chi connectivity index (χ1) is 16.8. The molecular weight excluding hydrogens is 490 g/mol. The van der Waals surface area contributed by atoms with E-state index in [1.807, 2.05) is 0 Å². The zero-order valence-electron chi connectivity index (χ0n) is 22.7. The van der Waals surface area contributed by atoms with Crippen LogP contribution < -0.4 is 16.0 Å². The van der Waals surface area contributed by atoms with Crippen molar-refractivity contribution in [3.05, 3.63) is 0 Å². The molecule has 0 aromatic rings. The summed E-state index contributed by atoms with van der Waals surface area (Å²) in [5.41, 5.74) is -9.91. The van der Waals surface area contributed by atoms with Crippen molar-refractivity contribution in [2.24, 2.45) is 5.92 Å². The molecule has 0 rings (SSSR count). The molecule has 3 unspecified atom stereocenters. The number of carbonyl (C=O) groups is 6. The first-order valence-electron chi connectivity index (χ1n) is 11.9.